The predicted molar refractivity (Wildman–Crippen MR) is 105 cm³/mol. The van der Waals surface area contributed by atoms with Crippen LogP contribution in [0.3, 0.4) is 0 Å². The third kappa shape index (κ3) is 5.79. The Morgan fingerprint density at radius 2 is 1.96 bits per heavy atom. The Bertz CT molecular complexity index is 764. The van der Waals surface area contributed by atoms with E-state index in [1.807, 2.05) is 37.3 Å². The Morgan fingerprint density at radius 1 is 1.24 bits per heavy atom. The summed E-state index contributed by atoms with van der Waals surface area (Å²) in [5.41, 5.74) is 4.49. The molecule has 0 saturated heterocycles. The number of amides is 1. The number of hydrogen-bond donors (Lipinski definition) is 1. The van der Waals surface area contributed by atoms with E-state index < -0.39 is 0 Å². The Kier molecular flexibility index (Phi) is 7.33. The highest BCUT2D eigenvalue weighted by Gasteiger charge is 2.09. The summed E-state index contributed by atoms with van der Waals surface area (Å²) in [4.78, 5) is 12.9. The van der Waals surface area contributed by atoms with Crippen LogP contribution in [0.15, 0.2) is 50.9 Å². The van der Waals surface area contributed by atoms with Gasteiger partial charge in [-0.05, 0) is 52.7 Å². The first-order valence-corrected chi connectivity index (χ1v) is 9.24. The number of nitrogens with zero attached hydrogens (tertiary/aromatic N) is 1. The minimum Gasteiger partial charge on any atom is -0.493 e. The lowest BCUT2D eigenvalue weighted by Crippen LogP contribution is -2.19. The van der Waals surface area contributed by atoms with E-state index in [0.29, 0.717) is 17.3 Å². The van der Waals surface area contributed by atoms with E-state index in [9.17, 15) is 4.79 Å². The predicted octanol–water partition coefficient (Wildman–Crippen LogP) is 4.02. The van der Waals surface area contributed by atoms with Gasteiger partial charge in [0.2, 0.25) is 5.91 Å². The van der Waals surface area contributed by atoms with Gasteiger partial charge in [-0.3, -0.25) is 4.79 Å². The van der Waals surface area contributed by atoms with Crippen molar-refractivity contribution in [1.82, 2.24) is 5.43 Å². The van der Waals surface area contributed by atoms with E-state index in [4.69, 9.17) is 9.47 Å². The maximum Gasteiger partial charge on any atom is 0.250 e. The molecule has 2 aromatic rings. The van der Waals surface area contributed by atoms with E-state index in [0.717, 1.165) is 14.9 Å². The molecule has 132 valence electrons. The molecule has 0 unspecified atom stereocenters. The topological polar surface area (TPSA) is 59.9 Å². The number of nitrogens with one attached hydrogen (secondary N) is 1. The number of hydrogen-bond acceptors (Lipinski definition) is 5. The van der Waals surface area contributed by atoms with Crippen molar-refractivity contribution in [2.45, 2.75) is 11.8 Å². The number of hydrazone groups is 1. The first kappa shape index (κ1) is 19.3. The molecule has 0 spiro atoms. The Morgan fingerprint density at radius 3 is 2.60 bits per heavy atom. The van der Waals surface area contributed by atoms with E-state index >= 15 is 0 Å². The fourth-order valence-electron chi connectivity index (χ4n) is 2.01. The van der Waals surface area contributed by atoms with Crippen LogP contribution in [0.5, 0.6) is 11.5 Å². The third-order valence-corrected chi connectivity index (χ3v) is 4.85. The number of rotatable bonds is 7. The molecule has 0 atom stereocenters. The second-order valence-electron chi connectivity index (χ2n) is 5.13. The molecule has 0 heterocycles. The van der Waals surface area contributed by atoms with Crippen LogP contribution in [0.2, 0.25) is 0 Å². The third-order valence-electron chi connectivity index (χ3n) is 3.25. The molecule has 7 heteroatoms. The second-order valence-corrected chi connectivity index (χ2v) is 7.04. The number of aryl methyl sites for hydroxylation is 1. The fraction of sp³-hybridized carbons (Fsp3) is 0.222. The zero-order valence-corrected chi connectivity index (χ0v) is 16.6. The molecular weight excluding hydrogens is 404 g/mol. The molecule has 25 heavy (non-hydrogen) atoms. The first-order valence-electron chi connectivity index (χ1n) is 7.46. The molecule has 2 aromatic carbocycles. The average Bonchev–Trinajstić information content (AvgIpc) is 2.60. The summed E-state index contributed by atoms with van der Waals surface area (Å²) in [6, 6.07) is 11.6. The van der Waals surface area contributed by atoms with Crippen LogP contribution in [0.4, 0.5) is 0 Å². The van der Waals surface area contributed by atoms with Gasteiger partial charge >= 0.3 is 0 Å². The van der Waals surface area contributed by atoms with Crippen molar-refractivity contribution < 1.29 is 14.3 Å². The van der Waals surface area contributed by atoms with E-state index in [-0.39, 0.29) is 5.91 Å². The lowest BCUT2D eigenvalue weighted by atomic mass is 10.2. The van der Waals surface area contributed by atoms with Gasteiger partial charge in [-0.2, -0.15) is 5.10 Å². The molecule has 0 fully saturated rings. The van der Waals surface area contributed by atoms with E-state index in [2.05, 4.69) is 26.5 Å². The van der Waals surface area contributed by atoms with Gasteiger partial charge in [0.25, 0.3) is 0 Å². The van der Waals surface area contributed by atoms with Gasteiger partial charge < -0.3 is 9.47 Å². The summed E-state index contributed by atoms with van der Waals surface area (Å²) >= 11 is 4.89. The minimum absolute atomic E-state index is 0.165. The highest BCUT2D eigenvalue weighted by molar-refractivity contribution is 9.10. The molecule has 0 saturated carbocycles. The maximum absolute atomic E-state index is 11.9. The van der Waals surface area contributed by atoms with Gasteiger partial charge in [0.15, 0.2) is 11.5 Å². The zero-order chi connectivity index (χ0) is 18.2. The Balaban J connectivity index is 1.90. The van der Waals surface area contributed by atoms with Crippen LogP contribution in [0, 0.1) is 6.92 Å². The molecule has 0 aliphatic rings. The first-order chi connectivity index (χ1) is 12.0. The van der Waals surface area contributed by atoms with Crippen molar-refractivity contribution in [3.05, 3.63) is 52.0 Å². The SMILES string of the molecule is COc1cc(/C=N\NC(=O)CSc2ccc(C)cc2)cc(Br)c1OC. The van der Waals surface area contributed by atoms with E-state index in [1.54, 1.807) is 26.5 Å². The lowest BCUT2D eigenvalue weighted by Gasteiger charge is -2.10. The van der Waals surface area contributed by atoms with Crippen molar-refractivity contribution in [2.75, 3.05) is 20.0 Å². The number of methoxy groups -OCH3 is 2. The van der Waals surface area contributed by atoms with E-state index in [1.165, 1.54) is 17.3 Å². The number of halogens is 1. The van der Waals surface area contributed by atoms with Crippen molar-refractivity contribution in [3.8, 4) is 11.5 Å². The summed E-state index contributed by atoms with van der Waals surface area (Å²) in [7, 11) is 3.14. The molecule has 0 aliphatic heterocycles. The van der Waals surface area contributed by atoms with Gasteiger partial charge in [0.05, 0.1) is 30.7 Å². The summed E-state index contributed by atoms with van der Waals surface area (Å²) in [6.45, 7) is 2.03. The van der Waals surface area contributed by atoms with Crippen LogP contribution >= 0.6 is 27.7 Å². The quantitative estimate of drug-likeness (QED) is 0.415. The number of carbonyl (C=O) groups is 1. The standard InChI is InChI=1S/C18H19BrN2O3S/c1-12-4-6-14(7-5-12)25-11-17(22)21-20-10-13-8-15(19)18(24-3)16(9-13)23-2/h4-10H,11H2,1-3H3,(H,21,22)/b20-10-. The summed E-state index contributed by atoms with van der Waals surface area (Å²) in [5.74, 6) is 1.33. The van der Waals surface area contributed by atoms with Crippen molar-refractivity contribution in [3.63, 3.8) is 0 Å². The molecule has 0 aromatic heterocycles. The van der Waals surface area contributed by atoms with Crippen LogP contribution in [0.25, 0.3) is 0 Å². The van der Waals surface area contributed by atoms with Gasteiger partial charge in [0, 0.05) is 4.90 Å². The van der Waals surface area contributed by atoms with Crippen LogP contribution in [0.1, 0.15) is 11.1 Å². The highest BCUT2D eigenvalue weighted by Crippen LogP contribution is 2.35. The Labute approximate surface area is 159 Å². The summed E-state index contributed by atoms with van der Waals surface area (Å²) < 4.78 is 11.3. The molecule has 0 bridgehead atoms. The molecule has 1 N–H and O–H groups in total. The van der Waals surface area contributed by atoms with Gasteiger partial charge in [-0.15, -0.1) is 11.8 Å². The van der Waals surface area contributed by atoms with Crippen molar-refractivity contribution in [1.29, 1.82) is 0 Å². The monoisotopic (exact) mass is 422 g/mol. The molecule has 0 radical (unpaired) electrons. The zero-order valence-electron chi connectivity index (χ0n) is 14.2. The molecule has 5 nitrogen and oxygen atoms in total. The number of thioether (sulfide) groups is 1. The van der Waals surface area contributed by atoms with Gasteiger partial charge in [-0.1, -0.05) is 17.7 Å². The van der Waals surface area contributed by atoms with Gasteiger partial charge in [0.1, 0.15) is 0 Å². The fourth-order valence-corrected chi connectivity index (χ4v) is 3.32. The molecule has 1 amide bonds. The lowest BCUT2D eigenvalue weighted by molar-refractivity contribution is -0.118. The van der Waals surface area contributed by atoms with Crippen molar-refractivity contribution in [2.24, 2.45) is 5.10 Å². The number of ether oxygens (including phenoxy) is 2. The maximum atomic E-state index is 11.9. The molecule has 2 rings (SSSR count). The Hall–Kier alpha value is -1.99. The number of benzene rings is 2. The van der Waals surface area contributed by atoms with Crippen molar-refractivity contribution >= 4 is 39.8 Å². The van der Waals surface area contributed by atoms with Crippen LogP contribution in [-0.4, -0.2) is 32.1 Å². The minimum atomic E-state index is -0.165. The molecule has 0 aliphatic carbocycles. The normalized spacial score (nSPS) is 10.7. The summed E-state index contributed by atoms with van der Waals surface area (Å²) in [6.07, 6.45) is 1.56. The second kappa shape index (κ2) is 9.48. The number of carbonyl (C=O) groups excluding carboxylic acids is 1. The van der Waals surface area contributed by atoms with Crippen LogP contribution < -0.4 is 14.9 Å². The molecular formula is C18H19BrN2O3S. The highest BCUT2D eigenvalue weighted by atomic mass is 79.9. The smallest absolute Gasteiger partial charge is 0.250 e. The van der Waals surface area contributed by atoms with Gasteiger partial charge in [-0.25, -0.2) is 5.43 Å². The largest absolute Gasteiger partial charge is 0.493 e. The summed E-state index contributed by atoms with van der Waals surface area (Å²) in [5, 5.41) is 3.98. The average molecular weight is 423 g/mol. The van der Waals surface area contributed by atoms with Crippen LogP contribution in [-0.2, 0) is 4.79 Å².